The number of benzene rings is 1. The normalized spacial score (nSPS) is 15.7. The van der Waals surface area contributed by atoms with Crippen molar-refractivity contribution >= 4 is 29.1 Å². The topological polar surface area (TPSA) is 17.1 Å². The molecule has 68 valence electrons. The van der Waals surface area contributed by atoms with E-state index in [2.05, 4.69) is 0 Å². The van der Waals surface area contributed by atoms with Crippen LogP contribution in [-0.4, -0.2) is 11.5 Å². The van der Waals surface area contributed by atoms with Gasteiger partial charge in [0.2, 0.25) is 0 Å². The van der Waals surface area contributed by atoms with Crippen molar-refractivity contribution in [1.29, 1.82) is 0 Å². The van der Waals surface area contributed by atoms with Gasteiger partial charge in [-0.25, -0.2) is 4.39 Å². The molecule has 0 fully saturated rings. The number of thioether (sulfide) groups is 1. The number of hydrogen-bond donors (Lipinski definition) is 0. The summed E-state index contributed by atoms with van der Waals surface area (Å²) in [5, 5.41) is 0.0269. The molecule has 0 saturated carbocycles. The largest absolute Gasteiger partial charge is 0.293 e. The van der Waals surface area contributed by atoms with Gasteiger partial charge in [0.1, 0.15) is 5.82 Å². The number of rotatable bonds is 0. The third-order valence-corrected chi connectivity index (χ3v) is 3.21. The Balaban J connectivity index is 2.58. The van der Waals surface area contributed by atoms with Crippen LogP contribution in [0.2, 0.25) is 5.02 Å². The molecule has 0 atom stereocenters. The highest BCUT2D eigenvalue weighted by atomic mass is 35.5. The summed E-state index contributed by atoms with van der Waals surface area (Å²) >= 11 is 7.08. The van der Waals surface area contributed by atoms with E-state index in [4.69, 9.17) is 11.6 Å². The Morgan fingerprint density at radius 2 is 2.15 bits per heavy atom. The van der Waals surface area contributed by atoms with Gasteiger partial charge in [-0.1, -0.05) is 11.6 Å². The number of carbonyl (C=O) groups excluding carboxylic acids is 1. The average molecular weight is 217 g/mol. The monoisotopic (exact) mass is 216 g/mol. The molecule has 1 aliphatic heterocycles. The minimum absolute atomic E-state index is 0.0269. The first-order chi connectivity index (χ1) is 6.18. The van der Waals surface area contributed by atoms with E-state index in [-0.39, 0.29) is 10.8 Å². The zero-order chi connectivity index (χ0) is 9.42. The highest BCUT2D eigenvalue weighted by Crippen LogP contribution is 2.28. The number of carbonyl (C=O) groups is 1. The van der Waals surface area contributed by atoms with Crippen molar-refractivity contribution in [1.82, 2.24) is 0 Å². The van der Waals surface area contributed by atoms with Gasteiger partial charge in [-0.05, 0) is 17.7 Å². The molecule has 1 heterocycles. The summed E-state index contributed by atoms with van der Waals surface area (Å²) in [4.78, 5) is 11.3. The Labute approximate surface area is 84.3 Å². The van der Waals surface area contributed by atoms with E-state index in [0.29, 0.717) is 17.1 Å². The minimum Gasteiger partial charge on any atom is -0.293 e. The average Bonchev–Trinajstić information content (AvgIpc) is 2.09. The number of Topliss-reactive ketones (excluding diaryl/α,β-unsaturated/α-hetero) is 1. The summed E-state index contributed by atoms with van der Waals surface area (Å²) in [6, 6.07) is 2.77. The van der Waals surface area contributed by atoms with Crippen LogP contribution in [0.5, 0.6) is 0 Å². The maximum Gasteiger partial charge on any atom is 0.173 e. The van der Waals surface area contributed by atoms with Gasteiger partial charge in [0.15, 0.2) is 5.78 Å². The van der Waals surface area contributed by atoms with Crippen LogP contribution in [-0.2, 0) is 5.75 Å². The van der Waals surface area contributed by atoms with Crippen LogP contribution in [0.4, 0.5) is 4.39 Å². The Hall–Kier alpha value is -0.540. The van der Waals surface area contributed by atoms with Crippen LogP contribution in [0, 0.1) is 5.82 Å². The van der Waals surface area contributed by atoms with Crippen molar-refractivity contribution in [3.8, 4) is 0 Å². The fourth-order valence-corrected chi connectivity index (χ4v) is 2.36. The Morgan fingerprint density at radius 1 is 1.38 bits per heavy atom. The molecule has 1 nitrogen and oxygen atoms in total. The van der Waals surface area contributed by atoms with Crippen molar-refractivity contribution in [3.05, 3.63) is 34.1 Å². The van der Waals surface area contributed by atoms with Gasteiger partial charge in [-0.3, -0.25) is 4.79 Å². The third kappa shape index (κ3) is 1.58. The van der Waals surface area contributed by atoms with Crippen LogP contribution in [0.1, 0.15) is 15.9 Å². The summed E-state index contributed by atoms with van der Waals surface area (Å²) in [6.45, 7) is 0. The molecule has 0 radical (unpaired) electrons. The lowest BCUT2D eigenvalue weighted by Gasteiger charge is -2.14. The summed E-state index contributed by atoms with van der Waals surface area (Å²) in [5.41, 5.74) is 1.33. The van der Waals surface area contributed by atoms with Crippen molar-refractivity contribution in [2.45, 2.75) is 5.75 Å². The molecule has 0 saturated heterocycles. The molecular formula is C9H6ClFOS. The van der Waals surface area contributed by atoms with Gasteiger partial charge in [0.05, 0.1) is 10.8 Å². The Kier molecular flexibility index (Phi) is 2.30. The molecule has 0 unspecified atom stereocenters. The van der Waals surface area contributed by atoms with E-state index in [1.165, 1.54) is 23.9 Å². The molecule has 4 heteroatoms. The molecule has 0 bridgehead atoms. The number of halogens is 2. The van der Waals surface area contributed by atoms with Crippen LogP contribution < -0.4 is 0 Å². The summed E-state index contributed by atoms with van der Waals surface area (Å²) < 4.78 is 13.0. The summed E-state index contributed by atoms with van der Waals surface area (Å²) in [7, 11) is 0. The van der Waals surface area contributed by atoms with Crippen molar-refractivity contribution in [3.63, 3.8) is 0 Å². The van der Waals surface area contributed by atoms with Crippen molar-refractivity contribution < 1.29 is 9.18 Å². The Morgan fingerprint density at radius 3 is 2.92 bits per heavy atom. The fraction of sp³-hybridized carbons (Fsp3) is 0.222. The minimum atomic E-state index is -0.448. The van der Waals surface area contributed by atoms with E-state index >= 15 is 0 Å². The van der Waals surface area contributed by atoms with Gasteiger partial charge in [0.25, 0.3) is 0 Å². The molecule has 0 amide bonds. The van der Waals surface area contributed by atoms with Crippen LogP contribution in [0.25, 0.3) is 0 Å². The molecule has 0 aliphatic carbocycles. The standard InChI is InChI=1S/C9H6ClFOS/c10-7-2-6-5(1-8(7)11)3-13-4-9(6)12/h1-2H,3-4H2. The second kappa shape index (κ2) is 3.31. The number of fused-ring (bicyclic) bond motifs is 1. The van der Waals surface area contributed by atoms with Crippen molar-refractivity contribution in [2.24, 2.45) is 0 Å². The zero-order valence-corrected chi connectivity index (χ0v) is 8.21. The highest BCUT2D eigenvalue weighted by Gasteiger charge is 2.19. The van der Waals surface area contributed by atoms with Crippen LogP contribution in [0.15, 0.2) is 12.1 Å². The molecule has 1 aliphatic rings. The predicted octanol–water partition coefficient (Wildman–Crippen LogP) is 2.91. The fourth-order valence-electron chi connectivity index (χ4n) is 1.30. The second-order valence-corrected chi connectivity index (χ2v) is 4.23. The first-order valence-corrected chi connectivity index (χ1v) is 5.30. The van der Waals surface area contributed by atoms with Gasteiger partial charge in [-0.15, -0.1) is 11.8 Å². The summed E-state index contributed by atoms with van der Waals surface area (Å²) in [5.74, 6) is 0.744. The summed E-state index contributed by atoms with van der Waals surface area (Å²) in [6.07, 6.45) is 0. The lowest BCUT2D eigenvalue weighted by Crippen LogP contribution is -2.12. The van der Waals surface area contributed by atoms with E-state index in [9.17, 15) is 9.18 Å². The molecule has 0 aromatic heterocycles. The molecule has 0 spiro atoms. The smallest absolute Gasteiger partial charge is 0.173 e. The maximum atomic E-state index is 13.0. The molecule has 1 aromatic carbocycles. The van der Waals surface area contributed by atoms with Crippen LogP contribution in [0.3, 0.4) is 0 Å². The van der Waals surface area contributed by atoms with Gasteiger partial charge >= 0.3 is 0 Å². The number of ketones is 1. The highest BCUT2D eigenvalue weighted by molar-refractivity contribution is 7.99. The number of hydrogen-bond acceptors (Lipinski definition) is 2. The lowest BCUT2D eigenvalue weighted by molar-refractivity contribution is 0.102. The zero-order valence-electron chi connectivity index (χ0n) is 6.64. The molecular weight excluding hydrogens is 211 g/mol. The molecule has 1 aromatic rings. The van der Waals surface area contributed by atoms with E-state index in [1.54, 1.807) is 0 Å². The molecule has 0 N–H and O–H groups in total. The van der Waals surface area contributed by atoms with Crippen molar-refractivity contribution in [2.75, 3.05) is 5.75 Å². The lowest BCUT2D eigenvalue weighted by atomic mass is 10.1. The van der Waals surface area contributed by atoms with Gasteiger partial charge in [-0.2, -0.15) is 0 Å². The third-order valence-electron chi connectivity index (χ3n) is 1.94. The van der Waals surface area contributed by atoms with Gasteiger partial charge < -0.3 is 0 Å². The quantitative estimate of drug-likeness (QED) is 0.663. The SMILES string of the molecule is O=C1CSCc2cc(F)c(Cl)cc21. The first kappa shape index (κ1) is 9.03. The van der Waals surface area contributed by atoms with E-state index < -0.39 is 5.82 Å². The van der Waals surface area contributed by atoms with E-state index in [1.807, 2.05) is 0 Å². The molecule has 13 heavy (non-hydrogen) atoms. The van der Waals surface area contributed by atoms with Gasteiger partial charge in [0, 0.05) is 11.3 Å². The maximum absolute atomic E-state index is 13.0. The predicted molar refractivity (Wildman–Crippen MR) is 51.9 cm³/mol. The second-order valence-electron chi connectivity index (χ2n) is 2.84. The van der Waals surface area contributed by atoms with Crippen LogP contribution >= 0.6 is 23.4 Å². The molecule has 2 rings (SSSR count). The Bertz CT molecular complexity index is 378. The first-order valence-electron chi connectivity index (χ1n) is 3.77. The van der Waals surface area contributed by atoms with E-state index in [0.717, 1.165) is 5.56 Å².